The predicted molar refractivity (Wildman–Crippen MR) is 111 cm³/mol. The van der Waals surface area contributed by atoms with E-state index in [0.717, 1.165) is 22.6 Å². The Bertz CT molecular complexity index is 817. The van der Waals surface area contributed by atoms with Gasteiger partial charge in [-0.15, -0.1) is 11.8 Å². The first-order valence-corrected chi connectivity index (χ1v) is 10.3. The van der Waals surface area contributed by atoms with Gasteiger partial charge in [0.25, 0.3) is 0 Å². The molecule has 0 aromatic heterocycles. The Labute approximate surface area is 165 Å². The second-order valence-corrected chi connectivity index (χ2v) is 8.42. The van der Waals surface area contributed by atoms with Crippen molar-refractivity contribution in [2.24, 2.45) is 5.92 Å². The lowest BCUT2D eigenvalue weighted by Crippen LogP contribution is -2.37. The van der Waals surface area contributed by atoms with Gasteiger partial charge in [0.2, 0.25) is 11.8 Å². The molecule has 5 heteroatoms. The molecule has 2 aromatic carbocycles. The van der Waals surface area contributed by atoms with E-state index in [-0.39, 0.29) is 30.2 Å². The number of fused-ring (bicyclic) bond motifs is 1. The van der Waals surface area contributed by atoms with Crippen molar-refractivity contribution in [1.29, 1.82) is 0 Å². The molecular formula is C22H26N2O2S. The molecule has 27 heavy (non-hydrogen) atoms. The molecule has 2 unspecified atom stereocenters. The summed E-state index contributed by atoms with van der Waals surface area (Å²) in [7, 11) is 0. The van der Waals surface area contributed by atoms with Gasteiger partial charge in [0.05, 0.1) is 17.0 Å². The molecule has 2 N–H and O–H groups in total. The summed E-state index contributed by atoms with van der Waals surface area (Å²) in [6.45, 7) is 6.32. The van der Waals surface area contributed by atoms with Crippen LogP contribution in [0.2, 0.25) is 0 Å². The Balaban J connectivity index is 1.67. The number of hydrogen-bond acceptors (Lipinski definition) is 3. The van der Waals surface area contributed by atoms with Crippen LogP contribution in [0.4, 0.5) is 5.69 Å². The van der Waals surface area contributed by atoms with Crippen molar-refractivity contribution in [2.45, 2.75) is 49.8 Å². The van der Waals surface area contributed by atoms with Crippen LogP contribution in [0.5, 0.6) is 0 Å². The van der Waals surface area contributed by atoms with Crippen LogP contribution in [0, 0.1) is 5.92 Å². The largest absolute Gasteiger partial charge is 0.349 e. The van der Waals surface area contributed by atoms with Gasteiger partial charge >= 0.3 is 0 Å². The van der Waals surface area contributed by atoms with Crippen LogP contribution >= 0.6 is 11.8 Å². The summed E-state index contributed by atoms with van der Waals surface area (Å²) in [5.74, 6) is 0.0533. The Morgan fingerprint density at radius 1 is 1.15 bits per heavy atom. The number of hydrogen-bond donors (Lipinski definition) is 2. The fraction of sp³-hybridized carbons (Fsp3) is 0.364. The number of anilines is 1. The van der Waals surface area contributed by atoms with Crippen LogP contribution in [0.15, 0.2) is 53.4 Å². The maximum atomic E-state index is 12.7. The van der Waals surface area contributed by atoms with Gasteiger partial charge in [0.1, 0.15) is 0 Å². The lowest BCUT2D eigenvalue weighted by molar-refractivity contribution is -0.124. The van der Waals surface area contributed by atoms with Gasteiger partial charge in [-0.2, -0.15) is 0 Å². The topological polar surface area (TPSA) is 58.2 Å². The number of rotatable bonds is 6. The molecule has 0 aliphatic carbocycles. The van der Waals surface area contributed by atoms with Gasteiger partial charge in [-0.1, -0.05) is 57.2 Å². The first-order chi connectivity index (χ1) is 13.0. The minimum atomic E-state index is -0.407. The van der Waals surface area contributed by atoms with E-state index in [1.54, 1.807) is 0 Å². The van der Waals surface area contributed by atoms with Gasteiger partial charge in [-0.3, -0.25) is 9.59 Å². The maximum Gasteiger partial charge on any atom is 0.238 e. The quantitative estimate of drug-likeness (QED) is 0.770. The van der Waals surface area contributed by atoms with Gasteiger partial charge in [0.15, 0.2) is 0 Å². The van der Waals surface area contributed by atoms with Gasteiger partial charge in [0, 0.05) is 11.3 Å². The fourth-order valence-corrected chi connectivity index (χ4v) is 4.33. The minimum Gasteiger partial charge on any atom is -0.349 e. The van der Waals surface area contributed by atoms with Crippen molar-refractivity contribution >= 4 is 29.3 Å². The zero-order valence-electron chi connectivity index (χ0n) is 16.0. The molecule has 0 saturated carbocycles. The number of carbonyl (C=O) groups excluding carboxylic acids is 2. The Kier molecular flexibility index (Phi) is 6.22. The Morgan fingerprint density at radius 2 is 1.85 bits per heavy atom. The van der Waals surface area contributed by atoms with E-state index in [1.165, 1.54) is 17.3 Å². The highest BCUT2D eigenvalue weighted by Gasteiger charge is 2.30. The first-order valence-electron chi connectivity index (χ1n) is 9.42. The molecule has 2 aromatic rings. The van der Waals surface area contributed by atoms with Crippen LogP contribution in [-0.4, -0.2) is 17.1 Å². The van der Waals surface area contributed by atoms with Crippen molar-refractivity contribution in [3.63, 3.8) is 0 Å². The number of aryl methyl sites for hydroxylation is 1. The molecule has 0 fully saturated rings. The summed E-state index contributed by atoms with van der Waals surface area (Å²) < 4.78 is 0. The highest BCUT2D eigenvalue weighted by molar-refractivity contribution is 8.01. The zero-order chi connectivity index (χ0) is 19.4. The molecule has 2 atom stereocenters. The smallest absolute Gasteiger partial charge is 0.238 e. The molecular weight excluding hydrogens is 356 g/mol. The predicted octanol–water partition coefficient (Wildman–Crippen LogP) is 4.57. The lowest BCUT2D eigenvalue weighted by Gasteiger charge is -2.26. The summed E-state index contributed by atoms with van der Waals surface area (Å²) in [6, 6.07) is 16.0. The van der Waals surface area contributed by atoms with Crippen LogP contribution in [-0.2, 0) is 16.0 Å². The van der Waals surface area contributed by atoms with Gasteiger partial charge in [-0.05, 0) is 35.6 Å². The standard InChI is InChI=1S/C22H26N2O2S/c1-4-15-9-11-16(12-10-15)21(14(2)3)24-20(25)13-19-22(26)23-17-7-5-6-8-18(17)27-19/h5-12,14,19,21H,4,13H2,1-3H3,(H,23,26)(H,24,25). The van der Waals surface area contributed by atoms with Crippen molar-refractivity contribution in [3.05, 3.63) is 59.7 Å². The number of thioether (sulfide) groups is 1. The van der Waals surface area contributed by atoms with Crippen LogP contribution in [0.1, 0.15) is 44.4 Å². The zero-order valence-corrected chi connectivity index (χ0v) is 16.8. The molecule has 3 rings (SSSR count). The van der Waals surface area contributed by atoms with Crippen molar-refractivity contribution in [2.75, 3.05) is 5.32 Å². The summed E-state index contributed by atoms with van der Waals surface area (Å²) in [6.07, 6.45) is 1.16. The minimum absolute atomic E-state index is 0.0626. The highest BCUT2D eigenvalue weighted by atomic mass is 32.2. The number of amides is 2. The third-order valence-electron chi connectivity index (χ3n) is 4.81. The van der Waals surface area contributed by atoms with E-state index in [1.807, 2.05) is 24.3 Å². The fourth-order valence-electron chi connectivity index (χ4n) is 3.22. The maximum absolute atomic E-state index is 12.7. The summed E-state index contributed by atoms with van der Waals surface area (Å²) in [5, 5.41) is 5.62. The van der Waals surface area contributed by atoms with E-state index in [2.05, 4.69) is 55.7 Å². The molecule has 2 amide bonds. The van der Waals surface area contributed by atoms with Crippen LogP contribution < -0.4 is 10.6 Å². The van der Waals surface area contributed by atoms with Crippen molar-refractivity contribution < 1.29 is 9.59 Å². The second-order valence-electron chi connectivity index (χ2n) is 7.18. The molecule has 1 aliphatic rings. The monoisotopic (exact) mass is 382 g/mol. The number of para-hydroxylation sites is 1. The number of carbonyl (C=O) groups is 2. The SMILES string of the molecule is CCc1ccc(C(NC(=O)CC2Sc3ccccc3NC2=O)C(C)C)cc1. The lowest BCUT2D eigenvalue weighted by atomic mass is 9.94. The first kappa shape index (κ1) is 19.5. The second kappa shape index (κ2) is 8.61. The van der Waals surface area contributed by atoms with E-state index < -0.39 is 5.25 Å². The number of nitrogens with one attached hydrogen (secondary N) is 2. The van der Waals surface area contributed by atoms with Crippen LogP contribution in [0.3, 0.4) is 0 Å². The molecule has 0 bridgehead atoms. The molecule has 1 heterocycles. The van der Waals surface area contributed by atoms with E-state index in [4.69, 9.17) is 0 Å². The van der Waals surface area contributed by atoms with E-state index in [9.17, 15) is 9.59 Å². The summed E-state index contributed by atoms with van der Waals surface area (Å²) in [5.41, 5.74) is 3.20. The van der Waals surface area contributed by atoms with Gasteiger partial charge < -0.3 is 10.6 Å². The molecule has 142 valence electrons. The average molecular weight is 383 g/mol. The molecule has 1 aliphatic heterocycles. The molecule has 0 radical (unpaired) electrons. The van der Waals surface area contributed by atoms with E-state index >= 15 is 0 Å². The molecule has 4 nitrogen and oxygen atoms in total. The Morgan fingerprint density at radius 3 is 2.52 bits per heavy atom. The third-order valence-corrected chi connectivity index (χ3v) is 6.08. The average Bonchev–Trinajstić information content (AvgIpc) is 2.66. The molecule has 0 saturated heterocycles. The third kappa shape index (κ3) is 4.72. The number of benzene rings is 2. The summed E-state index contributed by atoms with van der Waals surface area (Å²) >= 11 is 1.46. The van der Waals surface area contributed by atoms with Crippen molar-refractivity contribution in [3.8, 4) is 0 Å². The van der Waals surface area contributed by atoms with E-state index in [0.29, 0.717) is 0 Å². The highest BCUT2D eigenvalue weighted by Crippen LogP contribution is 2.36. The molecule has 0 spiro atoms. The van der Waals surface area contributed by atoms with Crippen LogP contribution in [0.25, 0.3) is 0 Å². The Hall–Kier alpha value is -2.27. The summed E-state index contributed by atoms with van der Waals surface area (Å²) in [4.78, 5) is 26.0. The normalized spacial score (nSPS) is 17.2. The van der Waals surface area contributed by atoms with Crippen molar-refractivity contribution in [1.82, 2.24) is 5.32 Å². The van der Waals surface area contributed by atoms with Gasteiger partial charge in [-0.25, -0.2) is 0 Å².